The molecular weight excluding hydrogens is 502 g/mol. The first-order chi connectivity index (χ1) is 18.2. The molecule has 1 heterocycles. The van der Waals surface area contributed by atoms with Crippen LogP contribution in [0.25, 0.3) is 0 Å². The van der Waals surface area contributed by atoms with E-state index in [1.807, 2.05) is 32.0 Å². The van der Waals surface area contributed by atoms with Crippen LogP contribution in [-0.4, -0.2) is 46.0 Å². The number of fused-ring (bicyclic) bond motifs is 1. The Labute approximate surface area is 227 Å². The Bertz CT molecular complexity index is 1360. The number of nitrogens with one attached hydrogen (secondary N) is 1. The summed E-state index contributed by atoms with van der Waals surface area (Å²) in [5.74, 6) is -1.98. The van der Waals surface area contributed by atoms with Crippen molar-refractivity contribution < 1.29 is 19.2 Å². The lowest BCUT2D eigenvalue weighted by Crippen LogP contribution is -2.53. The number of para-hydroxylation sites is 1. The van der Waals surface area contributed by atoms with Gasteiger partial charge in [-0.15, -0.1) is 0 Å². The molecule has 196 valence electrons. The van der Waals surface area contributed by atoms with Crippen molar-refractivity contribution in [3.8, 4) is 0 Å². The van der Waals surface area contributed by atoms with Crippen molar-refractivity contribution in [3.05, 3.63) is 99.6 Å². The van der Waals surface area contributed by atoms with Crippen LogP contribution in [0.5, 0.6) is 0 Å². The minimum absolute atomic E-state index is 0.147. The molecule has 4 amide bonds. The summed E-state index contributed by atoms with van der Waals surface area (Å²) < 4.78 is 0. The van der Waals surface area contributed by atoms with Gasteiger partial charge >= 0.3 is 0 Å². The van der Waals surface area contributed by atoms with Gasteiger partial charge in [0.15, 0.2) is 0 Å². The number of amides is 4. The molecule has 0 fully saturated rings. The highest BCUT2D eigenvalue weighted by Gasteiger charge is 2.45. The summed E-state index contributed by atoms with van der Waals surface area (Å²) in [6.07, 6.45) is 0.189. The summed E-state index contributed by atoms with van der Waals surface area (Å²) in [6.45, 7) is 7.43. The van der Waals surface area contributed by atoms with E-state index >= 15 is 0 Å². The lowest BCUT2D eigenvalue weighted by atomic mass is 10.0. The number of carbonyl (C=O) groups is 4. The standard InChI is InChI=1S/C30H30ClN3O4/c1-5-24(34-28(36)20-14-7-8-15-21(20)29(34)37)30(38)33(6-2)26(22-16-9-10-17-23(22)31)27(35)32-25-18(3)12-11-13-19(25)4/h7-17,24,26H,5-6H2,1-4H3,(H,32,35)/t24-,26-/m1/s1. The third-order valence-electron chi connectivity index (χ3n) is 6.92. The molecule has 2 atom stereocenters. The number of aryl methyl sites for hydroxylation is 2. The molecule has 1 aliphatic heterocycles. The van der Waals surface area contributed by atoms with E-state index in [4.69, 9.17) is 11.6 Å². The molecule has 0 saturated heterocycles. The van der Waals surface area contributed by atoms with Crippen LogP contribution < -0.4 is 5.32 Å². The summed E-state index contributed by atoms with van der Waals surface area (Å²) >= 11 is 6.55. The predicted molar refractivity (Wildman–Crippen MR) is 147 cm³/mol. The fraction of sp³-hybridized carbons (Fsp3) is 0.267. The van der Waals surface area contributed by atoms with Crippen molar-refractivity contribution in [2.24, 2.45) is 0 Å². The molecule has 1 N–H and O–H groups in total. The molecule has 0 aliphatic carbocycles. The number of anilines is 1. The molecule has 7 nitrogen and oxygen atoms in total. The molecule has 4 rings (SSSR count). The number of rotatable bonds is 8. The first-order valence-electron chi connectivity index (χ1n) is 12.6. The summed E-state index contributed by atoms with van der Waals surface area (Å²) in [6, 6.07) is 16.9. The lowest BCUT2D eigenvalue weighted by Gasteiger charge is -2.35. The Morgan fingerprint density at radius 2 is 1.42 bits per heavy atom. The summed E-state index contributed by atoms with van der Waals surface area (Å²) in [4.78, 5) is 56.8. The highest BCUT2D eigenvalue weighted by molar-refractivity contribution is 6.31. The highest BCUT2D eigenvalue weighted by atomic mass is 35.5. The average Bonchev–Trinajstić information content (AvgIpc) is 3.16. The zero-order valence-corrected chi connectivity index (χ0v) is 22.6. The molecule has 0 saturated carbocycles. The SMILES string of the molecule is CC[C@H](C(=O)N(CC)[C@@H](C(=O)Nc1c(C)cccc1C)c1ccccc1Cl)N1C(=O)c2ccccc2C1=O. The van der Waals surface area contributed by atoms with Crippen LogP contribution >= 0.6 is 11.6 Å². The Morgan fingerprint density at radius 1 is 0.868 bits per heavy atom. The molecule has 1 aliphatic rings. The number of benzene rings is 3. The van der Waals surface area contributed by atoms with Gasteiger partial charge < -0.3 is 10.2 Å². The average molecular weight is 532 g/mol. The maximum Gasteiger partial charge on any atom is 0.262 e. The van der Waals surface area contributed by atoms with Gasteiger partial charge in [0.1, 0.15) is 12.1 Å². The Kier molecular flexibility index (Phi) is 7.97. The van der Waals surface area contributed by atoms with Crippen LogP contribution in [0.4, 0.5) is 5.69 Å². The third-order valence-corrected chi connectivity index (χ3v) is 7.27. The van der Waals surface area contributed by atoms with Crippen molar-refractivity contribution in [1.82, 2.24) is 9.80 Å². The zero-order valence-electron chi connectivity index (χ0n) is 21.8. The first-order valence-corrected chi connectivity index (χ1v) is 13.0. The minimum atomic E-state index is -1.09. The summed E-state index contributed by atoms with van der Waals surface area (Å²) in [7, 11) is 0. The number of hydrogen-bond donors (Lipinski definition) is 1. The molecule has 0 radical (unpaired) electrons. The molecule has 0 aromatic heterocycles. The van der Waals surface area contributed by atoms with Crippen LogP contribution in [0.3, 0.4) is 0 Å². The van der Waals surface area contributed by atoms with Gasteiger partial charge in [-0.25, -0.2) is 0 Å². The number of halogens is 1. The number of nitrogens with zero attached hydrogens (tertiary/aromatic N) is 2. The normalized spacial score (nSPS) is 14.2. The van der Waals surface area contributed by atoms with Gasteiger partial charge in [0.25, 0.3) is 17.7 Å². The fourth-order valence-electron chi connectivity index (χ4n) is 4.97. The monoisotopic (exact) mass is 531 g/mol. The third kappa shape index (κ3) is 4.82. The van der Waals surface area contributed by atoms with Gasteiger partial charge in [0, 0.05) is 22.8 Å². The van der Waals surface area contributed by atoms with E-state index in [1.165, 1.54) is 4.90 Å². The van der Waals surface area contributed by atoms with Crippen molar-refractivity contribution >= 4 is 40.9 Å². The Hall–Kier alpha value is -3.97. The van der Waals surface area contributed by atoms with Gasteiger partial charge in [-0.3, -0.25) is 24.1 Å². The van der Waals surface area contributed by atoms with Gasteiger partial charge in [0.05, 0.1) is 11.1 Å². The van der Waals surface area contributed by atoms with E-state index in [0.29, 0.717) is 16.3 Å². The molecule has 3 aromatic rings. The molecule has 0 spiro atoms. The van der Waals surface area contributed by atoms with Gasteiger partial charge in [0.2, 0.25) is 5.91 Å². The molecule has 3 aromatic carbocycles. The van der Waals surface area contributed by atoms with E-state index in [0.717, 1.165) is 16.0 Å². The maximum absolute atomic E-state index is 14.1. The topological polar surface area (TPSA) is 86.8 Å². The van der Waals surface area contributed by atoms with Gasteiger partial charge in [-0.2, -0.15) is 0 Å². The first kappa shape index (κ1) is 27.1. The highest BCUT2D eigenvalue weighted by Crippen LogP contribution is 2.33. The Balaban J connectivity index is 1.74. The fourth-order valence-corrected chi connectivity index (χ4v) is 5.21. The van der Waals surface area contributed by atoms with Crippen LogP contribution in [0, 0.1) is 13.8 Å². The van der Waals surface area contributed by atoms with Crippen LogP contribution in [0.1, 0.15) is 63.7 Å². The molecule has 8 heteroatoms. The second-order valence-corrected chi connectivity index (χ2v) is 9.66. The van der Waals surface area contributed by atoms with Crippen LogP contribution in [0.15, 0.2) is 66.7 Å². The molecule has 0 bridgehead atoms. The quantitative estimate of drug-likeness (QED) is 0.385. The molecular formula is C30H30ClN3O4. The summed E-state index contributed by atoms with van der Waals surface area (Å²) in [5.41, 5.74) is 3.39. The Morgan fingerprint density at radius 3 is 1.95 bits per heavy atom. The van der Waals surface area contributed by atoms with E-state index < -0.39 is 35.7 Å². The number of likely N-dealkylation sites (N-methyl/N-ethyl adjacent to an activating group) is 1. The van der Waals surface area contributed by atoms with Gasteiger partial charge in [-0.05, 0) is 56.5 Å². The smallest absolute Gasteiger partial charge is 0.262 e. The minimum Gasteiger partial charge on any atom is -0.325 e. The summed E-state index contributed by atoms with van der Waals surface area (Å²) in [5, 5.41) is 3.32. The van der Waals surface area contributed by atoms with Crippen molar-refractivity contribution in [2.45, 2.75) is 46.2 Å². The molecule has 38 heavy (non-hydrogen) atoms. The largest absolute Gasteiger partial charge is 0.325 e. The van der Waals surface area contributed by atoms with Crippen LogP contribution in [-0.2, 0) is 9.59 Å². The number of imide groups is 1. The number of carbonyl (C=O) groups excluding carboxylic acids is 4. The van der Waals surface area contributed by atoms with Crippen molar-refractivity contribution in [2.75, 3.05) is 11.9 Å². The lowest BCUT2D eigenvalue weighted by molar-refractivity contribution is -0.142. The van der Waals surface area contributed by atoms with E-state index in [2.05, 4.69) is 5.32 Å². The predicted octanol–water partition coefficient (Wildman–Crippen LogP) is 5.56. The second kappa shape index (κ2) is 11.2. The zero-order chi connectivity index (χ0) is 27.6. The van der Waals surface area contributed by atoms with Crippen LogP contribution in [0.2, 0.25) is 5.02 Å². The number of hydrogen-bond acceptors (Lipinski definition) is 4. The van der Waals surface area contributed by atoms with Gasteiger partial charge in [-0.1, -0.05) is 67.1 Å². The van der Waals surface area contributed by atoms with E-state index in [1.54, 1.807) is 62.4 Å². The second-order valence-electron chi connectivity index (χ2n) is 9.25. The van der Waals surface area contributed by atoms with Crippen molar-refractivity contribution in [3.63, 3.8) is 0 Å². The molecule has 0 unspecified atom stereocenters. The van der Waals surface area contributed by atoms with E-state index in [-0.39, 0.29) is 24.1 Å². The van der Waals surface area contributed by atoms with E-state index in [9.17, 15) is 19.2 Å². The maximum atomic E-state index is 14.1. The van der Waals surface area contributed by atoms with Crippen molar-refractivity contribution in [1.29, 1.82) is 0 Å².